The molecular weight excluding hydrogens is 224 g/mol. The molecule has 0 saturated carbocycles. The van der Waals surface area contributed by atoms with Crippen molar-refractivity contribution in [2.24, 2.45) is 5.14 Å². The summed E-state index contributed by atoms with van der Waals surface area (Å²) in [6, 6.07) is 6.45. The maximum atomic E-state index is 11.3. The monoisotopic (exact) mass is 238 g/mol. The summed E-state index contributed by atoms with van der Waals surface area (Å²) in [4.78, 5) is 0.125. The van der Waals surface area contributed by atoms with E-state index in [1.807, 2.05) is 13.0 Å². The molecule has 0 spiro atoms. The van der Waals surface area contributed by atoms with E-state index < -0.39 is 10.0 Å². The smallest absolute Gasteiger partial charge is 0.225 e. The fourth-order valence-electron chi connectivity index (χ4n) is 1.49. The Labute approximate surface area is 95.7 Å². The van der Waals surface area contributed by atoms with E-state index >= 15 is 0 Å². The Balaban J connectivity index is 3.23. The van der Waals surface area contributed by atoms with Crippen molar-refractivity contribution in [3.63, 3.8) is 0 Å². The van der Waals surface area contributed by atoms with Crippen molar-refractivity contribution < 1.29 is 8.42 Å². The number of rotatable bonds is 4. The number of hydrogen-bond donors (Lipinski definition) is 1. The lowest BCUT2D eigenvalue weighted by atomic mass is 10.1. The van der Waals surface area contributed by atoms with Crippen LogP contribution in [0.3, 0.4) is 0 Å². The quantitative estimate of drug-likeness (QED) is 0.863. The first-order valence-corrected chi connectivity index (χ1v) is 6.59. The van der Waals surface area contributed by atoms with Gasteiger partial charge < -0.3 is 0 Å². The van der Waals surface area contributed by atoms with Crippen molar-refractivity contribution in [3.8, 4) is 6.07 Å². The highest BCUT2D eigenvalue weighted by Gasteiger charge is 2.13. The van der Waals surface area contributed by atoms with Gasteiger partial charge in [-0.2, -0.15) is 5.26 Å². The molecule has 1 rings (SSSR count). The topological polar surface area (TPSA) is 83.9 Å². The van der Waals surface area contributed by atoms with Crippen LogP contribution < -0.4 is 5.14 Å². The molecule has 0 amide bonds. The van der Waals surface area contributed by atoms with Gasteiger partial charge >= 0.3 is 0 Å². The van der Waals surface area contributed by atoms with Crippen LogP contribution in [0.25, 0.3) is 0 Å². The van der Waals surface area contributed by atoms with E-state index in [0.29, 0.717) is 17.5 Å². The summed E-state index contributed by atoms with van der Waals surface area (Å²) >= 11 is 0. The van der Waals surface area contributed by atoms with Crippen LogP contribution in [0.2, 0.25) is 0 Å². The lowest BCUT2D eigenvalue weighted by molar-refractivity contribution is 0.596. The molecular formula is C11H14N2O2S. The summed E-state index contributed by atoms with van der Waals surface area (Å²) in [7, 11) is -3.70. The van der Waals surface area contributed by atoms with Crippen molar-refractivity contribution in [3.05, 3.63) is 29.3 Å². The molecule has 2 N–H and O–H groups in total. The number of primary sulfonamides is 1. The third-order valence-corrected chi connectivity index (χ3v) is 3.31. The molecule has 1 aromatic carbocycles. The molecule has 86 valence electrons. The molecule has 4 nitrogen and oxygen atoms in total. The Hall–Kier alpha value is -1.38. The minimum atomic E-state index is -3.70. The number of sulfonamides is 1. The number of nitrogens with zero attached hydrogens (tertiary/aromatic N) is 1. The SMILES string of the molecule is CCCCc1cc(C#N)ccc1S(N)(=O)=O. The molecule has 0 aliphatic heterocycles. The van der Waals surface area contributed by atoms with Gasteiger partial charge in [0.2, 0.25) is 10.0 Å². The molecule has 1 aromatic rings. The molecule has 0 fully saturated rings. The molecule has 5 heteroatoms. The third-order valence-electron chi connectivity index (χ3n) is 2.30. The van der Waals surface area contributed by atoms with Crippen molar-refractivity contribution in [1.29, 1.82) is 5.26 Å². The van der Waals surface area contributed by atoms with Gasteiger partial charge in [0.15, 0.2) is 0 Å². The van der Waals surface area contributed by atoms with Crippen molar-refractivity contribution in [1.82, 2.24) is 0 Å². The summed E-state index contributed by atoms with van der Waals surface area (Å²) in [5, 5.41) is 13.9. The van der Waals surface area contributed by atoms with Crippen molar-refractivity contribution in [2.45, 2.75) is 31.1 Å². The molecule has 0 aromatic heterocycles. The zero-order valence-corrected chi connectivity index (χ0v) is 9.92. The second-order valence-corrected chi connectivity index (χ2v) is 5.11. The summed E-state index contributed by atoms with van der Waals surface area (Å²) in [6.45, 7) is 2.02. The van der Waals surface area contributed by atoms with E-state index in [2.05, 4.69) is 0 Å². The summed E-state index contributed by atoms with van der Waals surface area (Å²) < 4.78 is 22.6. The van der Waals surface area contributed by atoms with Crippen LogP contribution in [0, 0.1) is 11.3 Å². The molecule has 0 radical (unpaired) electrons. The highest BCUT2D eigenvalue weighted by atomic mass is 32.2. The van der Waals surface area contributed by atoms with E-state index in [9.17, 15) is 8.42 Å². The van der Waals surface area contributed by atoms with Gasteiger partial charge in [-0.1, -0.05) is 13.3 Å². The predicted molar refractivity (Wildman–Crippen MR) is 61.1 cm³/mol. The molecule has 0 aliphatic carbocycles. The first kappa shape index (κ1) is 12.7. The van der Waals surface area contributed by atoms with Gasteiger partial charge in [0.05, 0.1) is 16.5 Å². The van der Waals surface area contributed by atoms with E-state index in [0.717, 1.165) is 12.8 Å². The summed E-state index contributed by atoms with van der Waals surface area (Å²) in [5.41, 5.74) is 1.09. The Morgan fingerprint density at radius 1 is 1.44 bits per heavy atom. The second-order valence-electron chi connectivity index (χ2n) is 3.58. The maximum Gasteiger partial charge on any atom is 0.238 e. The average Bonchev–Trinajstić information content (AvgIpc) is 2.24. The molecule has 16 heavy (non-hydrogen) atoms. The Bertz CT molecular complexity index is 515. The number of unbranched alkanes of at least 4 members (excludes halogenated alkanes) is 1. The van der Waals surface area contributed by atoms with E-state index in [1.165, 1.54) is 12.1 Å². The number of nitriles is 1. The van der Waals surface area contributed by atoms with Crippen molar-refractivity contribution in [2.75, 3.05) is 0 Å². The fourth-order valence-corrected chi connectivity index (χ4v) is 2.27. The summed E-state index contributed by atoms with van der Waals surface area (Å²) in [6.07, 6.45) is 2.45. The average molecular weight is 238 g/mol. The van der Waals surface area contributed by atoms with Crippen LogP contribution in [0.1, 0.15) is 30.9 Å². The van der Waals surface area contributed by atoms with Crippen LogP contribution in [0.15, 0.2) is 23.1 Å². The van der Waals surface area contributed by atoms with Crippen LogP contribution in [-0.2, 0) is 16.4 Å². The second kappa shape index (κ2) is 5.10. The maximum absolute atomic E-state index is 11.3. The van der Waals surface area contributed by atoms with E-state index in [4.69, 9.17) is 10.4 Å². The highest BCUT2D eigenvalue weighted by Crippen LogP contribution is 2.18. The van der Waals surface area contributed by atoms with Crippen LogP contribution in [-0.4, -0.2) is 8.42 Å². The Morgan fingerprint density at radius 3 is 2.62 bits per heavy atom. The predicted octanol–water partition coefficient (Wildman–Crippen LogP) is 1.55. The molecule has 0 aliphatic rings. The molecule has 0 saturated heterocycles. The normalized spacial score (nSPS) is 11.1. The van der Waals surface area contributed by atoms with Crippen molar-refractivity contribution >= 4 is 10.0 Å². The fraction of sp³-hybridized carbons (Fsp3) is 0.364. The van der Waals surface area contributed by atoms with Gasteiger partial charge in [0.1, 0.15) is 0 Å². The van der Waals surface area contributed by atoms with Gasteiger partial charge in [0, 0.05) is 0 Å². The zero-order valence-electron chi connectivity index (χ0n) is 9.10. The van der Waals surface area contributed by atoms with Gasteiger partial charge in [-0.25, -0.2) is 13.6 Å². The molecule has 0 atom stereocenters. The third kappa shape index (κ3) is 3.05. The van der Waals surface area contributed by atoms with Gasteiger partial charge in [-0.15, -0.1) is 0 Å². The van der Waals surface area contributed by atoms with Gasteiger partial charge in [0.25, 0.3) is 0 Å². The molecule has 0 heterocycles. The van der Waals surface area contributed by atoms with E-state index in [-0.39, 0.29) is 4.90 Å². The number of hydrogen-bond acceptors (Lipinski definition) is 3. The number of aryl methyl sites for hydroxylation is 1. The lowest BCUT2D eigenvalue weighted by Crippen LogP contribution is -2.14. The first-order valence-electron chi connectivity index (χ1n) is 5.05. The van der Waals surface area contributed by atoms with Gasteiger partial charge in [-0.05, 0) is 36.6 Å². The zero-order chi connectivity index (χ0) is 12.2. The minimum Gasteiger partial charge on any atom is -0.225 e. The lowest BCUT2D eigenvalue weighted by Gasteiger charge is -2.07. The van der Waals surface area contributed by atoms with Crippen LogP contribution >= 0.6 is 0 Å². The first-order chi connectivity index (χ1) is 7.49. The molecule has 0 unspecified atom stereocenters. The number of benzene rings is 1. The molecule has 0 bridgehead atoms. The largest absolute Gasteiger partial charge is 0.238 e. The minimum absolute atomic E-state index is 0.125. The Kier molecular flexibility index (Phi) is 4.05. The van der Waals surface area contributed by atoms with Crippen LogP contribution in [0.5, 0.6) is 0 Å². The highest BCUT2D eigenvalue weighted by molar-refractivity contribution is 7.89. The summed E-state index contributed by atoms with van der Waals surface area (Å²) in [5.74, 6) is 0. The number of nitrogens with two attached hydrogens (primary N) is 1. The van der Waals surface area contributed by atoms with Gasteiger partial charge in [-0.3, -0.25) is 0 Å². The standard InChI is InChI=1S/C11H14N2O2S/c1-2-3-4-10-7-9(8-12)5-6-11(10)16(13,14)15/h5-7H,2-4H2,1H3,(H2,13,14,15). The Morgan fingerprint density at radius 2 is 2.12 bits per heavy atom. The van der Waals surface area contributed by atoms with Crippen LogP contribution in [0.4, 0.5) is 0 Å². The van der Waals surface area contributed by atoms with E-state index in [1.54, 1.807) is 6.07 Å².